The predicted octanol–water partition coefficient (Wildman–Crippen LogP) is 4.20. The van der Waals surface area contributed by atoms with Crippen molar-refractivity contribution in [2.24, 2.45) is 0 Å². The average molecular weight is 389 g/mol. The minimum Gasteiger partial charge on any atom is -0.493 e. The van der Waals surface area contributed by atoms with Crippen molar-refractivity contribution in [3.63, 3.8) is 0 Å². The van der Waals surface area contributed by atoms with Crippen molar-refractivity contribution >= 4 is 17.5 Å². The zero-order valence-electron chi connectivity index (χ0n) is 16.7. The number of para-hydroxylation sites is 2. The van der Waals surface area contributed by atoms with Gasteiger partial charge in [-0.25, -0.2) is 4.68 Å². The highest BCUT2D eigenvalue weighted by atomic mass is 16.5. The summed E-state index contributed by atoms with van der Waals surface area (Å²) >= 11 is 0. The average Bonchev–Trinajstić information content (AvgIpc) is 3.04. The molecule has 1 atom stereocenters. The van der Waals surface area contributed by atoms with Crippen LogP contribution in [-0.2, 0) is 4.79 Å². The van der Waals surface area contributed by atoms with Gasteiger partial charge < -0.3 is 10.1 Å². The summed E-state index contributed by atoms with van der Waals surface area (Å²) < 4.78 is 7.37. The molecule has 1 aliphatic rings. The lowest BCUT2D eigenvalue weighted by molar-refractivity contribution is -0.116. The molecule has 0 fully saturated rings. The molecule has 0 spiro atoms. The Morgan fingerprint density at radius 2 is 1.90 bits per heavy atom. The summed E-state index contributed by atoms with van der Waals surface area (Å²) in [5.41, 5.74) is 3.89. The van der Waals surface area contributed by atoms with Gasteiger partial charge >= 0.3 is 0 Å². The van der Waals surface area contributed by atoms with Gasteiger partial charge in [-0.15, -0.1) is 0 Å². The molecule has 6 heteroatoms. The SMILES string of the molecule is CCOc1ccccc1C(=O)C1CC(=O)Nc2c1c(C)nn2-c1ccccc1C. The Balaban J connectivity index is 1.83. The third kappa shape index (κ3) is 3.31. The number of benzene rings is 2. The fraction of sp³-hybridized carbons (Fsp3) is 0.261. The predicted molar refractivity (Wildman–Crippen MR) is 111 cm³/mol. The number of aromatic nitrogens is 2. The van der Waals surface area contributed by atoms with Crippen LogP contribution in [0.4, 0.5) is 5.82 Å². The number of anilines is 1. The fourth-order valence-electron chi connectivity index (χ4n) is 3.89. The molecule has 0 saturated heterocycles. The molecule has 1 aromatic heterocycles. The molecule has 2 heterocycles. The van der Waals surface area contributed by atoms with E-state index in [2.05, 4.69) is 10.4 Å². The van der Waals surface area contributed by atoms with Crippen LogP contribution in [0.2, 0.25) is 0 Å². The number of fused-ring (bicyclic) bond motifs is 1. The van der Waals surface area contributed by atoms with E-state index in [9.17, 15) is 9.59 Å². The largest absolute Gasteiger partial charge is 0.493 e. The van der Waals surface area contributed by atoms with Crippen molar-refractivity contribution in [2.75, 3.05) is 11.9 Å². The molecule has 6 nitrogen and oxygen atoms in total. The number of aryl methyl sites for hydroxylation is 2. The van der Waals surface area contributed by atoms with E-state index < -0.39 is 5.92 Å². The first-order valence-electron chi connectivity index (χ1n) is 9.72. The molecule has 0 aliphatic carbocycles. The number of hydrogen-bond donors (Lipinski definition) is 1. The third-order valence-corrected chi connectivity index (χ3v) is 5.22. The van der Waals surface area contributed by atoms with Gasteiger partial charge in [0.05, 0.1) is 29.5 Å². The lowest BCUT2D eigenvalue weighted by Crippen LogP contribution is -2.28. The van der Waals surface area contributed by atoms with E-state index in [0.717, 1.165) is 22.5 Å². The Kier molecular flexibility index (Phi) is 4.92. The van der Waals surface area contributed by atoms with Gasteiger partial charge in [-0.05, 0) is 44.5 Å². The highest BCUT2D eigenvalue weighted by molar-refractivity contribution is 6.09. The first kappa shape index (κ1) is 18.9. The van der Waals surface area contributed by atoms with Crippen LogP contribution >= 0.6 is 0 Å². The highest BCUT2D eigenvalue weighted by Gasteiger charge is 2.37. The van der Waals surface area contributed by atoms with Crippen LogP contribution in [0.1, 0.15) is 46.4 Å². The first-order valence-corrected chi connectivity index (χ1v) is 9.72. The summed E-state index contributed by atoms with van der Waals surface area (Å²) in [5.74, 6) is 0.187. The van der Waals surface area contributed by atoms with Gasteiger partial charge in [-0.1, -0.05) is 30.3 Å². The molecule has 0 saturated carbocycles. The second-order valence-electron chi connectivity index (χ2n) is 7.14. The van der Waals surface area contributed by atoms with E-state index in [0.29, 0.717) is 23.7 Å². The molecule has 148 valence electrons. The molecular formula is C23H23N3O3. The van der Waals surface area contributed by atoms with E-state index in [1.165, 1.54) is 0 Å². The number of amides is 1. The van der Waals surface area contributed by atoms with Gasteiger partial charge in [-0.2, -0.15) is 5.10 Å². The number of ether oxygens (including phenoxy) is 1. The maximum Gasteiger partial charge on any atom is 0.226 e. The number of nitrogens with one attached hydrogen (secondary N) is 1. The van der Waals surface area contributed by atoms with Crippen LogP contribution in [-0.4, -0.2) is 28.1 Å². The van der Waals surface area contributed by atoms with E-state index in [4.69, 9.17) is 4.74 Å². The normalized spacial score (nSPS) is 15.6. The molecule has 1 aliphatic heterocycles. The number of Topliss-reactive ketones (excluding diaryl/α,β-unsaturated/α-hetero) is 1. The molecule has 0 bridgehead atoms. The van der Waals surface area contributed by atoms with Gasteiger partial charge in [0.15, 0.2) is 5.78 Å². The molecule has 3 aromatic rings. The first-order chi connectivity index (χ1) is 14.0. The van der Waals surface area contributed by atoms with Crippen molar-refractivity contribution in [1.82, 2.24) is 9.78 Å². The fourth-order valence-corrected chi connectivity index (χ4v) is 3.89. The molecule has 4 rings (SSSR count). The van der Waals surface area contributed by atoms with Crippen LogP contribution in [0, 0.1) is 13.8 Å². The monoisotopic (exact) mass is 389 g/mol. The van der Waals surface area contributed by atoms with Crippen LogP contribution in [0.15, 0.2) is 48.5 Å². The lowest BCUT2D eigenvalue weighted by atomic mass is 9.85. The zero-order valence-corrected chi connectivity index (χ0v) is 16.7. The maximum absolute atomic E-state index is 13.5. The van der Waals surface area contributed by atoms with Gasteiger partial charge in [-0.3, -0.25) is 9.59 Å². The topological polar surface area (TPSA) is 73.2 Å². The number of rotatable bonds is 5. The zero-order chi connectivity index (χ0) is 20.5. The van der Waals surface area contributed by atoms with E-state index >= 15 is 0 Å². The molecular weight excluding hydrogens is 366 g/mol. The van der Waals surface area contributed by atoms with Crippen molar-refractivity contribution in [3.05, 3.63) is 70.9 Å². The van der Waals surface area contributed by atoms with Gasteiger partial charge in [0.2, 0.25) is 5.91 Å². The minimum atomic E-state index is -0.599. The Morgan fingerprint density at radius 1 is 1.17 bits per heavy atom. The molecule has 1 amide bonds. The lowest BCUT2D eigenvalue weighted by Gasteiger charge is -2.24. The third-order valence-electron chi connectivity index (χ3n) is 5.22. The molecule has 1 N–H and O–H groups in total. The van der Waals surface area contributed by atoms with Crippen molar-refractivity contribution < 1.29 is 14.3 Å². The van der Waals surface area contributed by atoms with E-state index in [1.54, 1.807) is 16.8 Å². The van der Waals surface area contributed by atoms with Gasteiger partial charge in [0.1, 0.15) is 11.6 Å². The van der Waals surface area contributed by atoms with E-state index in [-0.39, 0.29) is 18.1 Å². The van der Waals surface area contributed by atoms with Crippen molar-refractivity contribution in [3.8, 4) is 11.4 Å². The Hall–Kier alpha value is -3.41. The standard InChI is InChI=1S/C23H23N3O3/c1-4-29-19-12-8-6-10-16(19)22(28)17-13-20(27)24-23-21(17)15(3)25-26(23)18-11-7-5-9-14(18)2/h5-12,17H,4,13H2,1-3H3,(H,24,27). The van der Waals surface area contributed by atoms with Crippen molar-refractivity contribution in [2.45, 2.75) is 33.1 Å². The summed E-state index contributed by atoms with van der Waals surface area (Å²) in [7, 11) is 0. The maximum atomic E-state index is 13.5. The molecule has 1 unspecified atom stereocenters. The summed E-state index contributed by atoms with van der Waals surface area (Å²) in [5, 5.41) is 7.59. The number of hydrogen-bond acceptors (Lipinski definition) is 4. The summed E-state index contributed by atoms with van der Waals surface area (Å²) in [6, 6.07) is 15.0. The second kappa shape index (κ2) is 7.54. The number of nitrogens with zero attached hydrogens (tertiary/aromatic N) is 2. The second-order valence-corrected chi connectivity index (χ2v) is 7.14. The number of ketones is 1. The van der Waals surface area contributed by atoms with Gasteiger partial charge in [0.25, 0.3) is 0 Å². The van der Waals surface area contributed by atoms with Gasteiger partial charge in [0, 0.05) is 12.0 Å². The van der Waals surface area contributed by atoms with Crippen LogP contribution in [0.25, 0.3) is 5.69 Å². The van der Waals surface area contributed by atoms with Crippen LogP contribution in [0.5, 0.6) is 5.75 Å². The number of carbonyl (C=O) groups is 2. The Morgan fingerprint density at radius 3 is 2.66 bits per heavy atom. The van der Waals surface area contributed by atoms with E-state index in [1.807, 2.05) is 57.2 Å². The highest BCUT2D eigenvalue weighted by Crippen LogP contribution is 2.39. The van der Waals surface area contributed by atoms with Crippen molar-refractivity contribution in [1.29, 1.82) is 0 Å². The van der Waals surface area contributed by atoms with Crippen LogP contribution < -0.4 is 10.1 Å². The Labute approximate surface area is 169 Å². The summed E-state index contributed by atoms with van der Waals surface area (Å²) in [4.78, 5) is 26.0. The summed E-state index contributed by atoms with van der Waals surface area (Å²) in [6.45, 7) is 6.21. The molecule has 29 heavy (non-hydrogen) atoms. The molecule has 0 radical (unpaired) electrons. The summed E-state index contributed by atoms with van der Waals surface area (Å²) in [6.07, 6.45) is 0.0899. The molecule has 2 aromatic carbocycles. The quantitative estimate of drug-likeness (QED) is 0.664. The Bertz CT molecular complexity index is 1100. The number of carbonyl (C=O) groups excluding carboxylic acids is 2. The smallest absolute Gasteiger partial charge is 0.226 e. The minimum absolute atomic E-state index is 0.0899. The van der Waals surface area contributed by atoms with Crippen LogP contribution in [0.3, 0.4) is 0 Å².